The maximum atomic E-state index is 5.49. The van der Waals surface area contributed by atoms with Gasteiger partial charge in [0.1, 0.15) is 16.5 Å². The lowest BCUT2D eigenvalue weighted by molar-refractivity contribution is 0.0321. The number of piperazine rings is 1. The summed E-state index contributed by atoms with van der Waals surface area (Å²) in [6.45, 7) is 10.4. The van der Waals surface area contributed by atoms with Crippen molar-refractivity contribution < 1.29 is 4.74 Å². The highest BCUT2D eigenvalue weighted by molar-refractivity contribution is 7.17. The Bertz CT molecular complexity index is 687. The molecule has 4 heterocycles. The smallest absolute Gasteiger partial charge is 0.141 e. The van der Waals surface area contributed by atoms with E-state index in [0.29, 0.717) is 6.04 Å². The number of aromatic nitrogens is 2. The van der Waals surface area contributed by atoms with Crippen LogP contribution >= 0.6 is 11.3 Å². The van der Waals surface area contributed by atoms with Crippen LogP contribution in [0, 0.1) is 13.8 Å². The first-order valence-electron chi connectivity index (χ1n) is 8.51. The van der Waals surface area contributed by atoms with Crippen LogP contribution < -0.4 is 4.90 Å². The number of hydrogen-bond donors (Lipinski definition) is 0. The Morgan fingerprint density at radius 2 is 1.83 bits per heavy atom. The number of hydrogen-bond acceptors (Lipinski definition) is 6. The van der Waals surface area contributed by atoms with Crippen LogP contribution in [0.15, 0.2) is 5.38 Å². The van der Waals surface area contributed by atoms with Gasteiger partial charge in [0.05, 0.1) is 5.39 Å². The Balaban J connectivity index is 1.53. The molecule has 0 radical (unpaired) electrons. The monoisotopic (exact) mass is 332 g/mol. The third kappa shape index (κ3) is 2.95. The molecular formula is C17H24N4OS. The molecule has 5 nitrogen and oxygen atoms in total. The molecule has 2 fully saturated rings. The molecule has 0 N–H and O–H groups in total. The quantitative estimate of drug-likeness (QED) is 0.845. The maximum absolute atomic E-state index is 5.49. The molecule has 124 valence electrons. The van der Waals surface area contributed by atoms with E-state index < -0.39 is 0 Å². The molecule has 2 aromatic rings. The molecule has 2 saturated heterocycles. The van der Waals surface area contributed by atoms with Gasteiger partial charge < -0.3 is 9.64 Å². The van der Waals surface area contributed by atoms with Crippen LogP contribution in [0.4, 0.5) is 5.82 Å². The largest absolute Gasteiger partial charge is 0.381 e. The number of anilines is 1. The van der Waals surface area contributed by atoms with Crippen LogP contribution in [0.5, 0.6) is 0 Å². The molecule has 0 atom stereocenters. The Morgan fingerprint density at radius 3 is 2.57 bits per heavy atom. The van der Waals surface area contributed by atoms with Crippen molar-refractivity contribution in [3.63, 3.8) is 0 Å². The standard InChI is InChI=1S/C17H24N4OS/c1-12-11-23-17-15(12)16(18-13(2)19-17)21-7-5-20(6-8-21)14-3-9-22-10-4-14/h11,14H,3-10H2,1-2H3. The van der Waals surface area contributed by atoms with E-state index in [1.54, 1.807) is 11.3 Å². The SMILES string of the molecule is Cc1nc(N2CCN(C3CCOCC3)CC2)c2c(C)csc2n1. The molecule has 2 aliphatic rings. The Labute approximate surface area is 141 Å². The van der Waals surface area contributed by atoms with Gasteiger partial charge in [-0.3, -0.25) is 4.90 Å². The molecule has 0 spiro atoms. The van der Waals surface area contributed by atoms with E-state index in [-0.39, 0.29) is 0 Å². The molecule has 0 saturated carbocycles. The van der Waals surface area contributed by atoms with Gasteiger partial charge in [0.2, 0.25) is 0 Å². The summed E-state index contributed by atoms with van der Waals surface area (Å²) in [5, 5.41) is 3.45. The number of ether oxygens (including phenoxy) is 1. The van der Waals surface area contributed by atoms with E-state index >= 15 is 0 Å². The maximum Gasteiger partial charge on any atom is 0.141 e. The molecule has 0 unspecified atom stereocenters. The summed E-state index contributed by atoms with van der Waals surface area (Å²) in [6.07, 6.45) is 2.36. The van der Waals surface area contributed by atoms with Crippen molar-refractivity contribution in [3.05, 3.63) is 16.8 Å². The topological polar surface area (TPSA) is 41.5 Å². The summed E-state index contributed by atoms with van der Waals surface area (Å²) in [4.78, 5) is 15.6. The Kier molecular flexibility index (Phi) is 4.22. The Morgan fingerprint density at radius 1 is 1.09 bits per heavy atom. The van der Waals surface area contributed by atoms with E-state index in [1.807, 2.05) is 6.92 Å². The second-order valence-corrected chi connectivity index (χ2v) is 7.42. The number of aryl methyl sites for hydroxylation is 2. The molecule has 0 aliphatic carbocycles. The van der Waals surface area contributed by atoms with E-state index in [2.05, 4.69) is 27.1 Å². The van der Waals surface area contributed by atoms with Crippen molar-refractivity contribution in [1.82, 2.24) is 14.9 Å². The van der Waals surface area contributed by atoms with Crippen molar-refractivity contribution in [2.75, 3.05) is 44.3 Å². The summed E-state index contributed by atoms with van der Waals surface area (Å²) in [7, 11) is 0. The minimum absolute atomic E-state index is 0.709. The third-order valence-corrected chi connectivity index (χ3v) is 6.02. The summed E-state index contributed by atoms with van der Waals surface area (Å²) in [5.74, 6) is 2.01. The molecule has 0 amide bonds. The summed E-state index contributed by atoms with van der Waals surface area (Å²) in [5.41, 5.74) is 1.30. The summed E-state index contributed by atoms with van der Waals surface area (Å²) >= 11 is 1.73. The minimum atomic E-state index is 0.709. The number of rotatable bonds is 2. The van der Waals surface area contributed by atoms with Gasteiger partial charge in [0, 0.05) is 45.4 Å². The number of nitrogens with zero attached hydrogens (tertiary/aromatic N) is 4. The van der Waals surface area contributed by atoms with Crippen molar-refractivity contribution in [3.8, 4) is 0 Å². The molecule has 23 heavy (non-hydrogen) atoms. The van der Waals surface area contributed by atoms with Gasteiger partial charge in [-0.05, 0) is 37.6 Å². The molecular weight excluding hydrogens is 308 g/mol. The van der Waals surface area contributed by atoms with E-state index in [1.165, 1.54) is 23.8 Å². The van der Waals surface area contributed by atoms with Gasteiger partial charge in [-0.25, -0.2) is 9.97 Å². The lowest BCUT2D eigenvalue weighted by atomic mass is 10.1. The molecule has 0 bridgehead atoms. The van der Waals surface area contributed by atoms with Crippen molar-refractivity contribution >= 4 is 27.4 Å². The van der Waals surface area contributed by atoms with Crippen LogP contribution in [0.25, 0.3) is 10.2 Å². The normalized spacial score (nSPS) is 21.2. The molecule has 4 rings (SSSR count). The fourth-order valence-electron chi connectivity index (χ4n) is 3.74. The highest BCUT2D eigenvalue weighted by Gasteiger charge is 2.27. The summed E-state index contributed by atoms with van der Waals surface area (Å²) < 4.78 is 5.49. The zero-order valence-corrected chi connectivity index (χ0v) is 14.7. The summed E-state index contributed by atoms with van der Waals surface area (Å²) in [6, 6.07) is 0.709. The number of fused-ring (bicyclic) bond motifs is 1. The predicted octanol–water partition coefficient (Wildman–Crippen LogP) is 2.61. The molecule has 2 aromatic heterocycles. The first-order chi connectivity index (χ1) is 11.2. The van der Waals surface area contributed by atoms with Gasteiger partial charge in [-0.15, -0.1) is 11.3 Å². The predicted molar refractivity (Wildman–Crippen MR) is 94.5 cm³/mol. The lowest BCUT2D eigenvalue weighted by Crippen LogP contribution is -2.52. The average molecular weight is 332 g/mol. The van der Waals surface area contributed by atoms with Crippen molar-refractivity contribution in [1.29, 1.82) is 0 Å². The lowest BCUT2D eigenvalue weighted by Gasteiger charge is -2.41. The Hall–Kier alpha value is -1.24. The van der Waals surface area contributed by atoms with Crippen LogP contribution in [0.1, 0.15) is 24.2 Å². The van der Waals surface area contributed by atoms with E-state index in [4.69, 9.17) is 9.72 Å². The fraction of sp³-hybridized carbons (Fsp3) is 0.647. The average Bonchev–Trinajstić information content (AvgIpc) is 2.96. The van der Waals surface area contributed by atoms with Crippen molar-refractivity contribution in [2.45, 2.75) is 32.7 Å². The van der Waals surface area contributed by atoms with Gasteiger partial charge >= 0.3 is 0 Å². The first-order valence-corrected chi connectivity index (χ1v) is 9.39. The van der Waals surface area contributed by atoms with Crippen molar-refractivity contribution in [2.24, 2.45) is 0 Å². The van der Waals surface area contributed by atoms with E-state index in [0.717, 1.165) is 55.9 Å². The van der Waals surface area contributed by atoms with Crippen LogP contribution in [0.2, 0.25) is 0 Å². The van der Waals surface area contributed by atoms with Crippen LogP contribution in [-0.4, -0.2) is 60.3 Å². The second kappa shape index (κ2) is 6.34. The first kappa shape index (κ1) is 15.3. The molecule has 2 aliphatic heterocycles. The zero-order chi connectivity index (χ0) is 15.8. The van der Waals surface area contributed by atoms with E-state index in [9.17, 15) is 0 Å². The number of thiophene rings is 1. The third-order valence-electron chi connectivity index (χ3n) is 5.03. The fourth-order valence-corrected chi connectivity index (χ4v) is 4.71. The van der Waals surface area contributed by atoms with Gasteiger partial charge in [-0.2, -0.15) is 0 Å². The molecule has 6 heteroatoms. The molecule has 0 aromatic carbocycles. The highest BCUT2D eigenvalue weighted by atomic mass is 32.1. The second-order valence-electron chi connectivity index (χ2n) is 6.56. The van der Waals surface area contributed by atoms with Gasteiger partial charge in [0.15, 0.2) is 0 Å². The van der Waals surface area contributed by atoms with Gasteiger partial charge in [0.25, 0.3) is 0 Å². The van der Waals surface area contributed by atoms with Crippen LogP contribution in [0.3, 0.4) is 0 Å². The minimum Gasteiger partial charge on any atom is -0.381 e. The van der Waals surface area contributed by atoms with Gasteiger partial charge in [-0.1, -0.05) is 0 Å². The highest BCUT2D eigenvalue weighted by Crippen LogP contribution is 2.32. The zero-order valence-electron chi connectivity index (χ0n) is 13.9. The van der Waals surface area contributed by atoms with Crippen LogP contribution in [-0.2, 0) is 4.74 Å².